The van der Waals surface area contributed by atoms with E-state index in [-0.39, 0.29) is 11.5 Å². The second-order valence-corrected chi connectivity index (χ2v) is 8.81. The van der Waals surface area contributed by atoms with Crippen LogP contribution in [0.4, 0.5) is 0 Å². The summed E-state index contributed by atoms with van der Waals surface area (Å²) < 4.78 is 2.07. The van der Waals surface area contributed by atoms with Gasteiger partial charge in [0.1, 0.15) is 10.7 Å². The number of nitrogens with zero attached hydrogens (tertiary/aromatic N) is 3. The number of likely N-dealkylation sites (tertiary alicyclic amines) is 1. The Morgan fingerprint density at radius 2 is 1.88 bits per heavy atom. The van der Waals surface area contributed by atoms with Crippen LogP contribution in [0.1, 0.15) is 67.8 Å². The van der Waals surface area contributed by atoms with Gasteiger partial charge in [0.25, 0.3) is 5.56 Å². The number of aryl methyl sites for hydroxylation is 2. The molecule has 1 saturated heterocycles. The predicted octanol–water partition coefficient (Wildman–Crippen LogP) is 3.73. The zero-order valence-electron chi connectivity index (χ0n) is 15.0. The molecule has 3 heterocycles. The third-order valence-corrected chi connectivity index (χ3v) is 6.80. The first-order chi connectivity index (χ1) is 11.6. The van der Waals surface area contributed by atoms with E-state index in [2.05, 4.69) is 30.4 Å². The van der Waals surface area contributed by atoms with Crippen molar-refractivity contribution in [2.75, 3.05) is 20.1 Å². The van der Waals surface area contributed by atoms with Gasteiger partial charge in [0.2, 0.25) is 0 Å². The third kappa shape index (κ3) is 2.62. The molecule has 2 aromatic rings. The fourth-order valence-electron chi connectivity index (χ4n) is 4.25. The molecule has 0 unspecified atom stereocenters. The zero-order valence-corrected chi connectivity index (χ0v) is 15.8. The van der Waals surface area contributed by atoms with Gasteiger partial charge >= 0.3 is 0 Å². The van der Waals surface area contributed by atoms with Gasteiger partial charge < -0.3 is 4.90 Å². The number of hydrogen-bond acceptors (Lipinski definition) is 4. The highest BCUT2D eigenvalue weighted by Crippen LogP contribution is 2.35. The van der Waals surface area contributed by atoms with Crippen LogP contribution in [0.15, 0.2) is 4.79 Å². The summed E-state index contributed by atoms with van der Waals surface area (Å²) in [4.78, 5) is 23.2. The molecule has 4 rings (SSSR count). The SMILES string of the molecule is CC(C)c1nc2sc3c(c2c(=O)n1C1CCN(C)CC1)CCCC3. The Balaban J connectivity index is 1.91. The highest BCUT2D eigenvalue weighted by Gasteiger charge is 2.27. The van der Waals surface area contributed by atoms with Gasteiger partial charge in [0.05, 0.1) is 5.39 Å². The molecule has 1 aliphatic carbocycles. The number of thiophene rings is 1. The maximum atomic E-state index is 13.5. The molecule has 2 aliphatic rings. The van der Waals surface area contributed by atoms with E-state index >= 15 is 0 Å². The van der Waals surface area contributed by atoms with Gasteiger partial charge in [-0.05, 0) is 64.2 Å². The van der Waals surface area contributed by atoms with Crippen molar-refractivity contribution in [3.05, 3.63) is 26.6 Å². The molecule has 0 spiro atoms. The van der Waals surface area contributed by atoms with Gasteiger partial charge in [-0.15, -0.1) is 11.3 Å². The number of piperidine rings is 1. The molecule has 24 heavy (non-hydrogen) atoms. The maximum Gasteiger partial charge on any atom is 0.262 e. The zero-order chi connectivity index (χ0) is 16.8. The Morgan fingerprint density at radius 3 is 2.58 bits per heavy atom. The predicted molar refractivity (Wildman–Crippen MR) is 100 cm³/mol. The molecular weight excluding hydrogens is 318 g/mol. The van der Waals surface area contributed by atoms with E-state index in [0.29, 0.717) is 6.04 Å². The first-order valence-electron chi connectivity index (χ1n) is 9.31. The summed E-state index contributed by atoms with van der Waals surface area (Å²) in [5.41, 5.74) is 1.55. The summed E-state index contributed by atoms with van der Waals surface area (Å²) >= 11 is 1.77. The van der Waals surface area contributed by atoms with Crippen molar-refractivity contribution >= 4 is 21.6 Å². The Morgan fingerprint density at radius 1 is 1.17 bits per heavy atom. The minimum Gasteiger partial charge on any atom is -0.306 e. The lowest BCUT2D eigenvalue weighted by atomic mass is 9.97. The van der Waals surface area contributed by atoms with Crippen LogP contribution in [0, 0.1) is 0 Å². The van der Waals surface area contributed by atoms with E-state index in [0.717, 1.165) is 54.8 Å². The molecule has 2 aromatic heterocycles. The summed E-state index contributed by atoms with van der Waals surface area (Å²) in [7, 11) is 2.17. The van der Waals surface area contributed by atoms with Crippen LogP contribution in [0.5, 0.6) is 0 Å². The lowest BCUT2D eigenvalue weighted by molar-refractivity contribution is 0.215. The summed E-state index contributed by atoms with van der Waals surface area (Å²) in [5.74, 6) is 1.27. The van der Waals surface area contributed by atoms with Crippen molar-refractivity contribution < 1.29 is 0 Å². The Labute approximate surface area is 147 Å². The Kier molecular flexibility index (Phi) is 4.25. The first kappa shape index (κ1) is 16.3. The van der Waals surface area contributed by atoms with Crippen LogP contribution in [0.3, 0.4) is 0 Å². The fraction of sp³-hybridized carbons (Fsp3) is 0.684. The van der Waals surface area contributed by atoms with Crippen LogP contribution in [0.25, 0.3) is 10.2 Å². The molecular formula is C19H27N3OS. The quantitative estimate of drug-likeness (QED) is 0.832. The van der Waals surface area contributed by atoms with E-state index in [4.69, 9.17) is 4.98 Å². The molecule has 4 nitrogen and oxygen atoms in total. The molecule has 1 fully saturated rings. The molecule has 0 bridgehead atoms. The van der Waals surface area contributed by atoms with E-state index in [1.807, 2.05) is 0 Å². The lowest BCUT2D eigenvalue weighted by Crippen LogP contribution is -2.37. The second-order valence-electron chi connectivity index (χ2n) is 7.73. The van der Waals surface area contributed by atoms with Crippen molar-refractivity contribution in [1.82, 2.24) is 14.5 Å². The molecule has 1 aliphatic heterocycles. The highest BCUT2D eigenvalue weighted by atomic mass is 32.1. The van der Waals surface area contributed by atoms with Crippen LogP contribution < -0.4 is 5.56 Å². The Hall–Kier alpha value is -1.20. The number of aromatic nitrogens is 2. The molecule has 0 N–H and O–H groups in total. The first-order valence-corrected chi connectivity index (χ1v) is 10.1. The molecule has 0 amide bonds. The van der Waals surface area contributed by atoms with Crippen LogP contribution in [-0.4, -0.2) is 34.6 Å². The van der Waals surface area contributed by atoms with Crippen molar-refractivity contribution in [3.8, 4) is 0 Å². The molecule has 0 aromatic carbocycles. The van der Waals surface area contributed by atoms with E-state index in [1.165, 1.54) is 23.3 Å². The topological polar surface area (TPSA) is 38.1 Å². The van der Waals surface area contributed by atoms with Gasteiger partial charge in [-0.3, -0.25) is 9.36 Å². The Bertz CT molecular complexity index is 812. The van der Waals surface area contributed by atoms with Crippen LogP contribution in [-0.2, 0) is 12.8 Å². The van der Waals surface area contributed by atoms with Gasteiger partial charge in [-0.2, -0.15) is 0 Å². The molecule has 5 heteroatoms. The number of hydrogen-bond donors (Lipinski definition) is 0. The van der Waals surface area contributed by atoms with Gasteiger partial charge in [-0.25, -0.2) is 4.98 Å². The fourth-order valence-corrected chi connectivity index (χ4v) is 5.51. The molecule has 0 atom stereocenters. The van der Waals surface area contributed by atoms with E-state index in [1.54, 1.807) is 11.3 Å². The normalized spacial score (nSPS) is 20.0. The standard InChI is InChI=1S/C19H27N3OS/c1-12(2)17-20-18-16(14-6-4-5-7-15(14)24-18)19(23)22(17)13-8-10-21(3)11-9-13/h12-13H,4-11H2,1-3H3. The van der Waals surface area contributed by atoms with E-state index in [9.17, 15) is 4.79 Å². The molecule has 0 radical (unpaired) electrons. The van der Waals surface area contributed by atoms with Crippen molar-refractivity contribution in [2.45, 2.75) is 64.3 Å². The summed E-state index contributed by atoms with van der Waals surface area (Å²) in [6.07, 6.45) is 6.74. The van der Waals surface area contributed by atoms with Crippen LogP contribution in [0.2, 0.25) is 0 Å². The summed E-state index contributed by atoms with van der Waals surface area (Å²) in [6, 6.07) is 0.308. The lowest BCUT2D eigenvalue weighted by Gasteiger charge is -2.32. The maximum absolute atomic E-state index is 13.5. The largest absolute Gasteiger partial charge is 0.306 e. The smallest absolute Gasteiger partial charge is 0.262 e. The van der Waals surface area contributed by atoms with Gasteiger partial charge in [-0.1, -0.05) is 13.8 Å². The summed E-state index contributed by atoms with van der Waals surface area (Å²) in [5, 5.41) is 0.943. The van der Waals surface area contributed by atoms with Crippen LogP contribution >= 0.6 is 11.3 Å². The average Bonchev–Trinajstić information content (AvgIpc) is 2.94. The van der Waals surface area contributed by atoms with Crippen molar-refractivity contribution in [1.29, 1.82) is 0 Å². The van der Waals surface area contributed by atoms with E-state index < -0.39 is 0 Å². The monoisotopic (exact) mass is 345 g/mol. The van der Waals surface area contributed by atoms with Gasteiger partial charge in [0, 0.05) is 16.8 Å². The second kappa shape index (κ2) is 6.26. The molecule has 130 valence electrons. The van der Waals surface area contributed by atoms with Gasteiger partial charge in [0.15, 0.2) is 0 Å². The highest BCUT2D eigenvalue weighted by molar-refractivity contribution is 7.18. The summed E-state index contributed by atoms with van der Waals surface area (Å²) in [6.45, 7) is 6.45. The average molecular weight is 346 g/mol. The number of rotatable bonds is 2. The van der Waals surface area contributed by atoms with Crippen molar-refractivity contribution in [2.24, 2.45) is 0 Å². The molecule has 0 saturated carbocycles. The minimum absolute atomic E-state index is 0.234. The number of fused-ring (bicyclic) bond motifs is 3. The van der Waals surface area contributed by atoms with Crippen molar-refractivity contribution in [3.63, 3.8) is 0 Å². The third-order valence-electron chi connectivity index (χ3n) is 5.62. The minimum atomic E-state index is 0.234.